The molecule has 0 heterocycles. The van der Waals surface area contributed by atoms with Crippen LogP contribution in [0.4, 0.5) is 0 Å². The Morgan fingerprint density at radius 2 is 0.944 bits per heavy atom. The van der Waals surface area contributed by atoms with Crippen molar-refractivity contribution < 1.29 is 103 Å². The van der Waals surface area contributed by atoms with E-state index in [1.54, 1.807) is 0 Å². The van der Waals surface area contributed by atoms with Crippen molar-refractivity contribution in [3.8, 4) is 0 Å². The standard InChI is InChI=1S/C16H22.2K/c1-15(2,3)13-9-7-11-14(12-8-10-13)16(4,5)6;;/h9-12H,1-6H3;;/q-2;2*+1/b13-9+,13-10?,14-11?,14-12+;;. The van der Waals surface area contributed by atoms with Crippen LogP contribution >= 0.6 is 0 Å². The molecule has 0 amide bonds. The summed E-state index contributed by atoms with van der Waals surface area (Å²) in [7, 11) is 0. The Hall–Kier alpha value is 2.23. The van der Waals surface area contributed by atoms with Crippen molar-refractivity contribution in [1.29, 1.82) is 0 Å². The molecule has 0 fully saturated rings. The number of allylic oxidation sites excluding steroid dienone is 8. The van der Waals surface area contributed by atoms with Gasteiger partial charge in [0.2, 0.25) is 0 Å². The zero-order valence-electron chi connectivity index (χ0n) is 13.3. The summed E-state index contributed by atoms with van der Waals surface area (Å²) in [4.78, 5) is 0. The average Bonchev–Trinajstić information content (AvgIpc) is 1.96. The SMILES string of the molecule is CC(C)(C)C1=C/[C-]=C/C(C(C)(C)C)=C\[C-]=C\1.[K+].[K+]. The van der Waals surface area contributed by atoms with Crippen LogP contribution in [0.25, 0.3) is 0 Å². The van der Waals surface area contributed by atoms with Gasteiger partial charge in [-0.2, -0.15) is 47.6 Å². The quantitative estimate of drug-likeness (QED) is 0.383. The molecular formula is C16H22K2. The molecule has 0 nitrogen and oxygen atoms in total. The third kappa shape index (κ3) is 7.87. The molecule has 0 saturated carbocycles. The van der Waals surface area contributed by atoms with Crippen molar-refractivity contribution in [2.24, 2.45) is 10.8 Å². The molecule has 0 aromatic rings. The molecule has 2 heteroatoms. The van der Waals surface area contributed by atoms with Gasteiger partial charge >= 0.3 is 103 Å². The Bertz CT molecular complexity index is 331. The summed E-state index contributed by atoms with van der Waals surface area (Å²) in [6.07, 6.45) is 14.8. The molecule has 0 aromatic carbocycles. The number of hydrogen-bond acceptors (Lipinski definition) is 0. The average molecular weight is 293 g/mol. The summed E-state index contributed by atoms with van der Waals surface area (Å²) in [5.74, 6) is 0. The zero-order valence-corrected chi connectivity index (χ0v) is 19.6. The summed E-state index contributed by atoms with van der Waals surface area (Å²) in [6.45, 7) is 13.2. The first-order valence-corrected chi connectivity index (χ1v) is 5.81. The largest absolute Gasteiger partial charge is 1.00 e. The first-order chi connectivity index (χ1) is 7.21. The monoisotopic (exact) mass is 292 g/mol. The third-order valence-electron chi connectivity index (χ3n) is 2.69. The summed E-state index contributed by atoms with van der Waals surface area (Å²) in [5, 5.41) is 0. The van der Waals surface area contributed by atoms with Crippen LogP contribution in [0, 0.1) is 23.0 Å². The second kappa shape index (κ2) is 9.29. The van der Waals surface area contributed by atoms with Gasteiger partial charge in [0.15, 0.2) is 0 Å². The van der Waals surface area contributed by atoms with Crippen LogP contribution in [0.5, 0.6) is 0 Å². The maximum absolute atomic E-state index is 3.27. The van der Waals surface area contributed by atoms with Crippen LogP contribution in [0.2, 0.25) is 0 Å². The third-order valence-corrected chi connectivity index (χ3v) is 2.69. The molecule has 0 aromatic heterocycles. The van der Waals surface area contributed by atoms with Crippen molar-refractivity contribution in [3.63, 3.8) is 0 Å². The number of rotatable bonds is 0. The molecule has 1 aliphatic rings. The fourth-order valence-electron chi connectivity index (χ4n) is 1.39. The molecule has 0 radical (unpaired) electrons. The minimum absolute atomic E-state index is 0. The first kappa shape index (κ1) is 22.5. The van der Waals surface area contributed by atoms with E-state index in [0.29, 0.717) is 0 Å². The van der Waals surface area contributed by atoms with E-state index in [4.69, 9.17) is 0 Å². The Labute approximate surface area is 198 Å². The molecule has 0 bridgehead atoms. The van der Waals surface area contributed by atoms with E-state index >= 15 is 0 Å². The summed E-state index contributed by atoms with van der Waals surface area (Å²) in [5.41, 5.74) is 2.82. The van der Waals surface area contributed by atoms with Gasteiger partial charge in [0.25, 0.3) is 0 Å². The first-order valence-electron chi connectivity index (χ1n) is 5.81. The predicted octanol–water partition coefficient (Wildman–Crippen LogP) is -1.33. The van der Waals surface area contributed by atoms with Crippen molar-refractivity contribution in [2.45, 2.75) is 41.5 Å². The van der Waals surface area contributed by atoms with Gasteiger partial charge in [-0.3, -0.25) is 0 Å². The summed E-state index contributed by atoms with van der Waals surface area (Å²) >= 11 is 0. The topological polar surface area (TPSA) is 0 Å². The van der Waals surface area contributed by atoms with Gasteiger partial charge in [0.05, 0.1) is 0 Å². The van der Waals surface area contributed by atoms with Crippen molar-refractivity contribution in [2.75, 3.05) is 0 Å². The van der Waals surface area contributed by atoms with E-state index in [2.05, 4.69) is 78.0 Å². The van der Waals surface area contributed by atoms with Crippen molar-refractivity contribution >= 4 is 0 Å². The van der Waals surface area contributed by atoms with Crippen LogP contribution in [0.1, 0.15) is 41.5 Å². The van der Waals surface area contributed by atoms with Gasteiger partial charge in [0, 0.05) is 0 Å². The Kier molecular flexibility index (Phi) is 11.6. The van der Waals surface area contributed by atoms with E-state index in [0.717, 1.165) is 0 Å². The van der Waals surface area contributed by atoms with Gasteiger partial charge < -0.3 is 0 Å². The Morgan fingerprint density at radius 1 is 0.667 bits per heavy atom. The molecule has 0 N–H and O–H groups in total. The van der Waals surface area contributed by atoms with Crippen molar-refractivity contribution in [1.82, 2.24) is 0 Å². The molecule has 0 aliphatic heterocycles. The molecule has 18 heavy (non-hydrogen) atoms. The molecule has 0 saturated heterocycles. The van der Waals surface area contributed by atoms with Gasteiger partial charge in [-0.15, -0.1) is 0 Å². The van der Waals surface area contributed by atoms with Gasteiger partial charge in [-0.05, 0) is 0 Å². The zero-order chi connectivity index (χ0) is 12.4. The fourth-order valence-corrected chi connectivity index (χ4v) is 1.39. The van der Waals surface area contributed by atoms with Crippen LogP contribution in [0.3, 0.4) is 0 Å². The molecule has 1 rings (SSSR count). The smallest absolute Gasteiger partial charge is 0.183 e. The Morgan fingerprint density at radius 3 is 1.17 bits per heavy atom. The fraction of sp³-hybridized carbons (Fsp3) is 0.500. The van der Waals surface area contributed by atoms with Gasteiger partial charge in [0.1, 0.15) is 0 Å². The van der Waals surface area contributed by atoms with E-state index in [-0.39, 0.29) is 114 Å². The van der Waals surface area contributed by atoms with Crippen molar-refractivity contribution in [3.05, 3.63) is 47.6 Å². The van der Waals surface area contributed by atoms with Gasteiger partial charge in [-0.1, -0.05) is 52.4 Å². The second-order valence-corrected chi connectivity index (χ2v) is 6.32. The minimum Gasteiger partial charge on any atom is -0.183 e. The number of hydrogen-bond donors (Lipinski definition) is 0. The second-order valence-electron chi connectivity index (χ2n) is 6.32. The molecule has 0 atom stereocenters. The van der Waals surface area contributed by atoms with E-state index in [9.17, 15) is 0 Å². The normalized spacial score (nSPS) is 25.0. The summed E-state index contributed by atoms with van der Waals surface area (Å²) in [6, 6.07) is 0. The van der Waals surface area contributed by atoms with Crippen LogP contribution in [-0.4, -0.2) is 0 Å². The van der Waals surface area contributed by atoms with Gasteiger partial charge in [-0.25, -0.2) is 0 Å². The molecule has 0 spiro atoms. The van der Waals surface area contributed by atoms with Crippen LogP contribution in [-0.2, 0) is 0 Å². The van der Waals surface area contributed by atoms with Crippen LogP contribution < -0.4 is 103 Å². The maximum atomic E-state index is 3.27. The summed E-state index contributed by atoms with van der Waals surface area (Å²) < 4.78 is 0. The molecule has 0 unspecified atom stereocenters. The molecular weight excluding hydrogens is 270 g/mol. The maximum Gasteiger partial charge on any atom is 1.00 e. The van der Waals surface area contributed by atoms with E-state index < -0.39 is 0 Å². The Balaban J connectivity index is 0. The van der Waals surface area contributed by atoms with E-state index in [1.807, 2.05) is 0 Å². The van der Waals surface area contributed by atoms with Crippen LogP contribution in [0.15, 0.2) is 35.5 Å². The minimum atomic E-state index is 0. The predicted molar refractivity (Wildman–Crippen MR) is 70.7 cm³/mol. The molecule has 88 valence electrons. The molecule has 1 aliphatic carbocycles. The van der Waals surface area contributed by atoms with E-state index in [1.165, 1.54) is 11.1 Å².